The van der Waals surface area contributed by atoms with Crippen molar-refractivity contribution in [3.63, 3.8) is 0 Å². The number of para-hydroxylation sites is 1. The highest BCUT2D eigenvalue weighted by atomic mass is 16.5. The summed E-state index contributed by atoms with van der Waals surface area (Å²) in [5, 5.41) is 0. The summed E-state index contributed by atoms with van der Waals surface area (Å²) in [7, 11) is 0. The number of nitrogens with zero attached hydrogens (tertiary/aromatic N) is 2. The van der Waals surface area contributed by atoms with E-state index in [-0.39, 0.29) is 28.4 Å². The Morgan fingerprint density at radius 3 is 2.00 bits per heavy atom. The molecule has 0 atom stereocenters. The summed E-state index contributed by atoms with van der Waals surface area (Å²) < 4.78 is 6.64. The molecule has 0 amide bonds. The zero-order valence-corrected chi connectivity index (χ0v) is 26.6. The molecule has 8 rings (SSSR count). The number of benzene rings is 3. The number of aromatic nitrogens is 1. The van der Waals surface area contributed by atoms with Gasteiger partial charge in [-0.2, -0.15) is 0 Å². The Balaban J connectivity index is 1.46. The first-order valence-electron chi connectivity index (χ1n) is 15.6. The topological polar surface area (TPSA) is 25.4 Å². The number of fused-ring (bicyclic) bond motifs is 6. The monoisotopic (exact) mass is 552 g/mol. The Morgan fingerprint density at radius 1 is 0.667 bits per heavy atom. The van der Waals surface area contributed by atoms with E-state index in [1.165, 1.54) is 50.0 Å². The van der Waals surface area contributed by atoms with Crippen molar-refractivity contribution in [3.05, 3.63) is 88.6 Å². The smallest absolute Gasteiger partial charge is 0.258 e. The van der Waals surface area contributed by atoms with Gasteiger partial charge in [-0.25, -0.2) is 4.98 Å². The number of rotatable bonds is 1. The Morgan fingerprint density at radius 2 is 1.29 bits per heavy atom. The molecule has 42 heavy (non-hydrogen) atoms. The van der Waals surface area contributed by atoms with Gasteiger partial charge in [-0.1, -0.05) is 85.7 Å². The lowest BCUT2D eigenvalue weighted by atomic mass is 9.34. The lowest BCUT2D eigenvalue weighted by Crippen LogP contribution is -2.60. The Labute approximate surface area is 251 Å². The molecule has 0 radical (unpaired) electrons. The minimum atomic E-state index is 0.0777. The van der Waals surface area contributed by atoms with Crippen molar-refractivity contribution >= 4 is 40.3 Å². The van der Waals surface area contributed by atoms with Gasteiger partial charge in [0.15, 0.2) is 0 Å². The van der Waals surface area contributed by atoms with Crippen LogP contribution in [0.3, 0.4) is 0 Å². The van der Waals surface area contributed by atoms with E-state index < -0.39 is 0 Å². The van der Waals surface area contributed by atoms with Crippen LogP contribution in [0, 0.1) is 6.92 Å². The third kappa shape index (κ3) is 3.38. The standard InChI is InChI=1S/C38H41BN2O/c1-22-16-32-33-34(40-22)41(23-14-15-24-25(17-23)36(4,5)20-35(24,2)3)30-19-27-26(37(6,7)21-38(27,8)9)18-29(30)39(33)28-12-10-11-13-31(28)42-32/h10-19H,20-21H2,1-9H3. The quantitative estimate of drug-likeness (QED) is 0.195. The normalized spacial score (nSPS) is 20.7. The van der Waals surface area contributed by atoms with Gasteiger partial charge in [0.05, 0.1) is 0 Å². The van der Waals surface area contributed by atoms with Gasteiger partial charge in [-0.3, -0.25) is 4.90 Å². The predicted octanol–water partition coefficient (Wildman–Crippen LogP) is 7.71. The molecule has 0 unspecified atom stereocenters. The predicted molar refractivity (Wildman–Crippen MR) is 176 cm³/mol. The zero-order chi connectivity index (χ0) is 29.6. The Kier molecular flexibility index (Phi) is 4.91. The first-order chi connectivity index (χ1) is 19.7. The Hall–Kier alpha value is -3.53. The zero-order valence-electron chi connectivity index (χ0n) is 26.6. The van der Waals surface area contributed by atoms with E-state index >= 15 is 0 Å². The lowest BCUT2D eigenvalue weighted by Gasteiger charge is -2.40. The molecule has 3 nitrogen and oxygen atoms in total. The fourth-order valence-corrected chi connectivity index (χ4v) is 9.51. The number of hydrogen-bond acceptors (Lipinski definition) is 3. The highest BCUT2D eigenvalue weighted by Crippen LogP contribution is 2.54. The molecule has 0 fully saturated rings. The maximum absolute atomic E-state index is 6.64. The van der Waals surface area contributed by atoms with Gasteiger partial charge < -0.3 is 4.74 Å². The summed E-state index contributed by atoms with van der Waals surface area (Å²) in [6.45, 7) is 21.4. The highest BCUT2D eigenvalue weighted by Gasteiger charge is 2.48. The van der Waals surface area contributed by atoms with Crippen LogP contribution in [0.4, 0.5) is 17.2 Å². The van der Waals surface area contributed by atoms with Crippen LogP contribution in [-0.4, -0.2) is 11.7 Å². The summed E-state index contributed by atoms with van der Waals surface area (Å²) in [5.41, 5.74) is 13.6. The number of pyridine rings is 1. The lowest BCUT2D eigenvalue weighted by molar-refractivity contribution is 0.403. The van der Waals surface area contributed by atoms with Gasteiger partial charge in [0.2, 0.25) is 0 Å². The van der Waals surface area contributed by atoms with E-state index in [0.717, 1.165) is 35.9 Å². The number of aryl methyl sites for hydroxylation is 1. The van der Waals surface area contributed by atoms with E-state index in [4.69, 9.17) is 9.72 Å². The largest absolute Gasteiger partial charge is 0.458 e. The summed E-state index contributed by atoms with van der Waals surface area (Å²) in [4.78, 5) is 7.76. The second-order valence-electron chi connectivity index (χ2n) is 16.0. The highest BCUT2D eigenvalue weighted by molar-refractivity contribution is 6.99. The second-order valence-corrected chi connectivity index (χ2v) is 16.0. The van der Waals surface area contributed by atoms with E-state index in [1.807, 2.05) is 0 Å². The number of anilines is 3. The van der Waals surface area contributed by atoms with Crippen LogP contribution in [0.1, 0.15) is 96.2 Å². The van der Waals surface area contributed by atoms with Crippen molar-refractivity contribution < 1.29 is 4.74 Å². The van der Waals surface area contributed by atoms with Gasteiger partial charge in [0.1, 0.15) is 17.3 Å². The van der Waals surface area contributed by atoms with Crippen LogP contribution in [0.15, 0.2) is 60.7 Å². The Bertz CT molecular complexity index is 1850. The molecule has 2 aliphatic heterocycles. The summed E-state index contributed by atoms with van der Waals surface area (Å²) in [6.07, 6.45) is 2.29. The van der Waals surface area contributed by atoms with Crippen molar-refractivity contribution in [2.45, 2.75) is 96.8 Å². The van der Waals surface area contributed by atoms with E-state index in [0.29, 0.717) is 0 Å². The molecule has 2 aliphatic carbocycles. The van der Waals surface area contributed by atoms with Crippen LogP contribution in [0.2, 0.25) is 0 Å². The number of hydrogen-bond donors (Lipinski definition) is 0. The van der Waals surface area contributed by atoms with Crippen LogP contribution in [0.5, 0.6) is 11.5 Å². The maximum atomic E-state index is 6.64. The maximum Gasteiger partial charge on any atom is 0.258 e. The molecule has 3 aromatic carbocycles. The average Bonchev–Trinajstić information content (AvgIpc) is 3.21. The third-order valence-corrected chi connectivity index (χ3v) is 10.7. The molecular formula is C38H41BN2O. The van der Waals surface area contributed by atoms with Gasteiger partial charge >= 0.3 is 0 Å². The van der Waals surface area contributed by atoms with Crippen molar-refractivity contribution in [3.8, 4) is 11.5 Å². The summed E-state index contributed by atoms with van der Waals surface area (Å²) in [5.74, 6) is 2.88. The second kappa shape index (κ2) is 7.89. The van der Waals surface area contributed by atoms with Crippen molar-refractivity contribution in [2.24, 2.45) is 0 Å². The summed E-state index contributed by atoms with van der Waals surface area (Å²) >= 11 is 0. The molecule has 4 heteroatoms. The van der Waals surface area contributed by atoms with Gasteiger partial charge in [0, 0.05) is 28.6 Å². The molecule has 0 spiro atoms. The molecular weight excluding hydrogens is 511 g/mol. The fraction of sp³-hybridized carbons (Fsp3) is 0.395. The molecule has 0 saturated carbocycles. The van der Waals surface area contributed by atoms with Gasteiger partial charge in [-0.05, 0) is 98.9 Å². The SMILES string of the molecule is Cc1cc2c3c(n1)N(c1ccc4c(c1)C(C)(C)CC4(C)C)c1cc4c(cc1B3c1ccccc1O2)C(C)(C)CC4(C)C. The van der Waals surface area contributed by atoms with Gasteiger partial charge in [0.25, 0.3) is 6.71 Å². The van der Waals surface area contributed by atoms with Crippen LogP contribution < -0.4 is 26.0 Å². The minimum Gasteiger partial charge on any atom is -0.458 e. The van der Waals surface area contributed by atoms with Crippen LogP contribution in [0.25, 0.3) is 0 Å². The molecule has 3 heterocycles. The van der Waals surface area contributed by atoms with E-state index in [1.54, 1.807) is 0 Å². The van der Waals surface area contributed by atoms with Crippen LogP contribution >= 0.6 is 0 Å². The fourth-order valence-electron chi connectivity index (χ4n) is 9.51. The first kappa shape index (κ1) is 26.1. The number of ether oxygens (including phenoxy) is 1. The van der Waals surface area contributed by atoms with E-state index in [2.05, 4.69) is 128 Å². The van der Waals surface area contributed by atoms with Crippen molar-refractivity contribution in [2.75, 3.05) is 4.90 Å². The summed E-state index contributed by atoms with van der Waals surface area (Å²) in [6, 6.07) is 23.0. The molecule has 0 saturated heterocycles. The first-order valence-corrected chi connectivity index (χ1v) is 15.6. The average molecular weight is 553 g/mol. The van der Waals surface area contributed by atoms with E-state index in [9.17, 15) is 0 Å². The molecule has 0 N–H and O–H groups in total. The van der Waals surface area contributed by atoms with Crippen molar-refractivity contribution in [1.29, 1.82) is 0 Å². The molecule has 4 aliphatic rings. The van der Waals surface area contributed by atoms with Gasteiger partial charge in [-0.15, -0.1) is 0 Å². The minimum absolute atomic E-state index is 0.0777. The molecule has 0 bridgehead atoms. The van der Waals surface area contributed by atoms with Crippen molar-refractivity contribution in [1.82, 2.24) is 4.98 Å². The molecule has 4 aromatic rings. The molecule has 1 aromatic heterocycles. The molecule has 212 valence electrons. The third-order valence-electron chi connectivity index (χ3n) is 10.7. The van der Waals surface area contributed by atoms with Crippen LogP contribution in [-0.2, 0) is 21.7 Å².